The van der Waals surface area contributed by atoms with Crippen molar-refractivity contribution in [3.8, 4) is 0 Å². The molecule has 3 rings (SSSR count). The van der Waals surface area contributed by atoms with Gasteiger partial charge in [0.2, 0.25) is 11.0 Å². The Morgan fingerprint density at radius 1 is 1.04 bits per heavy atom. The molecular formula is C19H17FN4O2S. The van der Waals surface area contributed by atoms with Gasteiger partial charge in [-0.15, -0.1) is 10.2 Å². The van der Waals surface area contributed by atoms with E-state index in [4.69, 9.17) is 0 Å². The molecule has 6 nitrogen and oxygen atoms in total. The van der Waals surface area contributed by atoms with E-state index in [2.05, 4.69) is 20.8 Å². The molecule has 138 valence electrons. The number of hydrogen-bond donors (Lipinski definition) is 2. The van der Waals surface area contributed by atoms with Gasteiger partial charge in [0.15, 0.2) is 0 Å². The van der Waals surface area contributed by atoms with Crippen LogP contribution in [0.25, 0.3) is 0 Å². The molecule has 2 aromatic carbocycles. The van der Waals surface area contributed by atoms with Gasteiger partial charge >= 0.3 is 0 Å². The van der Waals surface area contributed by atoms with Crippen LogP contribution in [0, 0.1) is 5.82 Å². The second-order valence-electron chi connectivity index (χ2n) is 5.71. The average Bonchev–Trinajstić information content (AvgIpc) is 3.11. The lowest BCUT2D eigenvalue weighted by atomic mass is 10.1. The molecule has 0 atom stereocenters. The van der Waals surface area contributed by atoms with E-state index >= 15 is 0 Å². The number of carbonyl (C=O) groups excluding carboxylic acids is 2. The predicted octanol–water partition coefficient (Wildman–Crippen LogP) is 3.67. The van der Waals surface area contributed by atoms with Crippen molar-refractivity contribution in [1.82, 2.24) is 10.2 Å². The van der Waals surface area contributed by atoms with E-state index in [0.29, 0.717) is 21.9 Å². The van der Waals surface area contributed by atoms with E-state index in [1.165, 1.54) is 23.5 Å². The van der Waals surface area contributed by atoms with Gasteiger partial charge in [0.25, 0.3) is 5.91 Å². The van der Waals surface area contributed by atoms with Crippen molar-refractivity contribution in [1.29, 1.82) is 0 Å². The fraction of sp³-hybridized carbons (Fsp3) is 0.158. The molecule has 8 heteroatoms. The van der Waals surface area contributed by atoms with E-state index < -0.39 is 0 Å². The maximum atomic E-state index is 13.0. The number of rotatable bonds is 6. The summed E-state index contributed by atoms with van der Waals surface area (Å²) in [6.45, 7) is 1.96. The second-order valence-corrected chi connectivity index (χ2v) is 6.77. The first-order valence-corrected chi connectivity index (χ1v) is 9.14. The Morgan fingerprint density at radius 3 is 2.48 bits per heavy atom. The van der Waals surface area contributed by atoms with Gasteiger partial charge in [-0.1, -0.05) is 42.5 Å². The number of benzene rings is 2. The molecule has 0 aliphatic heterocycles. The molecule has 0 fully saturated rings. The number of carbonyl (C=O) groups is 2. The van der Waals surface area contributed by atoms with Crippen LogP contribution in [-0.2, 0) is 17.6 Å². The van der Waals surface area contributed by atoms with Crippen LogP contribution in [0.1, 0.15) is 27.9 Å². The average molecular weight is 384 g/mol. The van der Waals surface area contributed by atoms with Crippen LogP contribution in [0.15, 0.2) is 48.5 Å². The summed E-state index contributed by atoms with van der Waals surface area (Å²) in [6.07, 6.45) is 0.816. The molecule has 0 unspecified atom stereocenters. The molecule has 0 spiro atoms. The molecule has 2 amide bonds. The van der Waals surface area contributed by atoms with Crippen molar-refractivity contribution >= 4 is 34.0 Å². The monoisotopic (exact) mass is 384 g/mol. The number of anilines is 2. The molecule has 0 saturated carbocycles. The third-order valence-electron chi connectivity index (χ3n) is 3.71. The van der Waals surface area contributed by atoms with Crippen molar-refractivity contribution in [2.24, 2.45) is 0 Å². The number of halogens is 1. The van der Waals surface area contributed by atoms with Crippen molar-refractivity contribution in [3.05, 3.63) is 70.5 Å². The predicted molar refractivity (Wildman–Crippen MR) is 102 cm³/mol. The quantitative estimate of drug-likeness (QED) is 0.679. The van der Waals surface area contributed by atoms with E-state index in [0.717, 1.165) is 11.4 Å². The Hall–Kier alpha value is -3.13. The number of aromatic nitrogens is 2. The summed E-state index contributed by atoms with van der Waals surface area (Å²) in [5.74, 6) is -1.04. The van der Waals surface area contributed by atoms with E-state index in [1.54, 1.807) is 36.4 Å². The SMILES string of the molecule is CCc1nnc(NC(=O)c2ccccc2NC(=O)Cc2ccc(F)cc2)s1. The van der Waals surface area contributed by atoms with Gasteiger partial charge in [0, 0.05) is 0 Å². The van der Waals surface area contributed by atoms with Crippen LogP contribution in [0.3, 0.4) is 0 Å². The van der Waals surface area contributed by atoms with Gasteiger partial charge in [-0.3, -0.25) is 14.9 Å². The highest BCUT2D eigenvalue weighted by Gasteiger charge is 2.15. The summed E-state index contributed by atoms with van der Waals surface area (Å²) in [7, 11) is 0. The number of nitrogens with zero attached hydrogens (tertiary/aromatic N) is 2. The number of amides is 2. The minimum Gasteiger partial charge on any atom is -0.325 e. The highest BCUT2D eigenvalue weighted by molar-refractivity contribution is 7.15. The van der Waals surface area contributed by atoms with E-state index in [-0.39, 0.29) is 24.1 Å². The van der Waals surface area contributed by atoms with Crippen molar-refractivity contribution in [3.63, 3.8) is 0 Å². The Labute approximate surface area is 159 Å². The van der Waals surface area contributed by atoms with Gasteiger partial charge in [0.1, 0.15) is 10.8 Å². The second kappa shape index (κ2) is 8.50. The number of hydrogen-bond acceptors (Lipinski definition) is 5. The van der Waals surface area contributed by atoms with Crippen LogP contribution < -0.4 is 10.6 Å². The summed E-state index contributed by atoms with van der Waals surface area (Å²) in [5.41, 5.74) is 1.39. The highest BCUT2D eigenvalue weighted by atomic mass is 32.1. The van der Waals surface area contributed by atoms with Crippen molar-refractivity contribution < 1.29 is 14.0 Å². The zero-order chi connectivity index (χ0) is 19.2. The number of aryl methyl sites for hydroxylation is 1. The molecule has 0 bridgehead atoms. The minimum absolute atomic E-state index is 0.0759. The number of nitrogens with one attached hydrogen (secondary N) is 2. The first-order chi connectivity index (χ1) is 13.0. The molecule has 0 aliphatic carbocycles. The molecule has 0 aliphatic rings. The molecule has 0 radical (unpaired) electrons. The molecule has 1 aromatic heterocycles. The molecule has 2 N–H and O–H groups in total. The molecular weight excluding hydrogens is 367 g/mol. The topological polar surface area (TPSA) is 84.0 Å². The smallest absolute Gasteiger partial charge is 0.259 e. The van der Waals surface area contributed by atoms with Gasteiger partial charge in [-0.2, -0.15) is 0 Å². The standard InChI is InChI=1S/C19H17FN4O2S/c1-2-17-23-24-19(27-17)22-18(26)14-5-3-4-6-15(14)21-16(25)11-12-7-9-13(20)10-8-12/h3-10H,2,11H2,1H3,(H,21,25)(H,22,24,26). The lowest BCUT2D eigenvalue weighted by molar-refractivity contribution is -0.115. The Kier molecular flexibility index (Phi) is 5.87. The summed E-state index contributed by atoms with van der Waals surface area (Å²) in [5, 5.41) is 14.5. The Balaban J connectivity index is 1.70. The molecule has 27 heavy (non-hydrogen) atoms. The molecule has 1 heterocycles. The first-order valence-electron chi connectivity index (χ1n) is 8.32. The molecule has 3 aromatic rings. The van der Waals surface area contributed by atoms with Crippen LogP contribution >= 0.6 is 11.3 Å². The highest BCUT2D eigenvalue weighted by Crippen LogP contribution is 2.20. The largest absolute Gasteiger partial charge is 0.325 e. The van der Waals surface area contributed by atoms with E-state index in [9.17, 15) is 14.0 Å². The van der Waals surface area contributed by atoms with Crippen LogP contribution in [0.4, 0.5) is 15.2 Å². The summed E-state index contributed by atoms with van der Waals surface area (Å²) < 4.78 is 13.0. The zero-order valence-corrected chi connectivity index (χ0v) is 15.3. The lowest BCUT2D eigenvalue weighted by Gasteiger charge is -2.10. The third-order valence-corrected chi connectivity index (χ3v) is 4.70. The lowest BCUT2D eigenvalue weighted by Crippen LogP contribution is -2.19. The summed E-state index contributed by atoms with van der Waals surface area (Å²) in [6, 6.07) is 12.4. The summed E-state index contributed by atoms with van der Waals surface area (Å²) >= 11 is 1.31. The summed E-state index contributed by atoms with van der Waals surface area (Å²) in [4.78, 5) is 24.8. The van der Waals surface area contributed by atoms with Gasteiger partial charge < -0.3 is 5.32 Å². The Morgan fingerprint density at radius 2 is 1.78 bits per heavy atom. The maximum absolute atomic E-state index is 13.0. The minimum atomic E-state index is -0.383. The fourth-order valence-electron chi connectivity index (χ4n) is 2.38. The third kappa shape index (κ3) is 4.95. The van der Waals surface area contributed by atoms with E-state index in [1.807, 2.05) is 6.92 Å². The Bertz CT molecular complexity index is 956. The fourth-order valence-corrected chi connectivity index (χ4v) is 3.06. The van der Waals surface area contributed by atoms with Crippen LogP contribution in [0.2, 0.25) is 0 Å². The van der Waals surface area contributed by atoms with Gasteiger partial charge in [0.05, 0.1) is 17.7 Å². The molecule has 0 saturated heterocycles. The first kappa shape index (κ1) is 18.7. The van der Waals surface area contributed by atoms with Crippen molar-refractivity contribution in [2.45, 2.75) is 19.8 Å². The normalized spacial score (nSPS) is 10.4. The van der Waals surface area contributed by atoms with Gasteiger partial charge in [-0.25, -0.2) is 4.39 Å². The van der Waals surface area contributed by atoms with Crippen LogP contribution in [0.5, 0.6) is 0 Å². The van der Waals surface area contributed by atoms with Gasteiger partial charge in [-0.05, 0) is 36.2 Å². The maximum Gasteiger partial charge on any atom is 0.259 e. The van der Waals surface area contributed by atoms with Crippen molar-refractivity contribution in [2.75, 3.05) is 10.6 Å². The zero-order valence-electron chi connectivity index (χ0n) is 14.5. The van der Waals surface area contributed by atoms with Crippen LogP contribution in [-0.4, -0.2) is 22.0 Å². The number of para-hydroxylation sites is 1.